The van der Waals surface area contributed by atoms with E-state index in [1.54, 1.807) is 0 Å². The van der Waals surface area contributed by atoms with Gasteiger partial charge in [-0.25, -0.2) is 0 Å². The molecule has 0 heterocycles. The minimum atomic E-state index is -6.82. The van der Waals surface area contributed by atoms with Crippen LogP contribution in [0.1, 0.15) is 53.4 Å². The Balaban J connectivity index is 6.17. The monoisotopic (exact) mass is 456 g/mol. The third kappa shape index (κ3) is 5.16. The van der Waals surface area contributed by atoms with Crippen LogP contribution >= 0.6 is 0 Å². The molecule has 0 aromatic rings. The Labute approximate surface area is 170 Å². The Morgan fingerprint density at radius 1 is 0.533 bits per heavy atom. The second kappa shape index (κ2) is 10.6. The summed E-state index contributed by atoms with van der Waals surface area (Å²) in [6.07, 6.45) is 0.172. The largest absolute Gasteiger partial charge is 0.392 e. The zero-order chi connectivity index (χ0) is 24.0. The molecule has 0 spiro atoms. The van der Waals surface area contributed by atoms with Crippen molar-refractivity contribution < 1.29 is 44.7 Å². The Bertz CT molecular complexity index is 523. The predicted octanol–water partition coefficient (Wildman–Crippen LogP) is 4.82. The second-order valence-corrected chi connectivity index (χ2v) is 6.88. The zero-order valence-corrected chi connectivity index (χ0v) is 17.4. The molecule has 0 saturated heterocycles. The Morgan fingerprint density at radius 2 is 0.733 bits per heavy atom. The fourth-order valence-corrected chi connectivity index (χ4v) is 2.77. The number of rotatable bonds is 13. The van der Waals surface area contributed by atoms with E-state index >= 15 is 0 Å². The molecule has 12 heteroatoms. The highest BCUT2D eigenvalue weighted by atomic mass is 19.4. The number of carbonyl (C=O) groups is 2. The number of nitrogens with zero attached hydrogens (tertiary/aromatic N) is 2. The normalized spacial score (nSPS) is 13.3. The van der Waals surface area contributed by atoms with Crippen LogP contribution in [0.3, 0.4) is 0 Å². The lowest BCUT2D eigenvalue weighted by Gasteiger charge is -2.38. The van der Waals surface area contributed by atoms with Gasteiger partial charge in [-0.2, -0.15) is 35.1 Å². The van der Waals surface area contributed by atoms with Crippen LogP contribution in [0.2, 0.25) is 0 Å². The van der Waals surface area contributed by atoms with Crippen LogP contribution in [-0.2, 0) is 9.59 Å². The van der Waals surface area contributed by atoms with Crippen molar-refractivity contribution in [2.45, 2.75) is 77.1 Å². The van der Waals surface area contributed by atoms with Crippen LogP contribution in [0.4, 0.5) is 35.1 Å². The van der Waals surface area contributed by atoms with Crippen LogP contribution in [-0.4, -0.2) is 71.5 Å². The van der Waals surface area contributed by atoms with Gasteiger partial charge in [0.15, 0.2) is 0 Å². The maximum absolute atomic E-state index is 14.2. The van der Waals surface area contributed by atoms with E-state index in [4.69, 9.17) is 0 Å². The van der Waals surface area contributed by atoms with E-state index in [0.717, 1.165) is 0 Å². The van der Waals surface area contributed by atoms with Crippen molar-refractivity contribution in [2.75, 3.05) is 26.2 Å². The van der Waals surface area contributed by atoms with Gasteiger partial charge in [-0.15, -0.1) is 0 Å². The molecule has 0 radical (unpaired) electrons. The van der Waals surface area contributed by atoms with Crippen LogP contribution < -0.4 is 0 Å². The number of halogens is 8. The predicted molar refractivity (Wildman–Crippen MR) is 94.1 cm³/mol. The molecule has 0 bridgehead atoms. The first-order valence-electron chi connectivity index (χ1n) is 9.71. The van der Waals surface area contributed by atoms with E-state index in [-0.39, 0.29) is 35.5 Å². The molecule has 0 aromatic heterocycles. The molecule has 0 aliphatic rings. The Hall–Kier alpha value is -1.62. The molecule has 0 aliphatic heterocycles. The van der Waals surface area contributed by atoms with Crippen LogP contribution in [0.5, 0.6) is 0 Å². The first-order chi connectivity index (χ1) is 13.6. The van der Waals surface area contributed by atoms with Crippen LogP contribution in [0.15, 0.2) is 0 Å². The molecule has 2 amide bonds. The number of hydrogen-bond donors (Lipinski definition) is 0. The average molecular weight is 456 g/mol. The molecular formula is C18H28F8N2O2. The minimum Gasteiger partial charge on any atom is -0.337 e. The maximum Gasteiger partial charge on any atom is 0.392 e. The molecule has 178 valence electrons. The summed E-state index contributed by atoms with van der Waals surface area (Å²) >= 11 is 0. The van der Waals surface area contributed by atoms with E-state index in [1.165, 1.54) is 27.7 Å². The molecular weight excluding hydrogens is 428 g/mol. The number of alkyl halides is 8. The SMILES string of the molecule is CCCN(CCC)C(=O)C(F)(F)C(F)(F)C(F)(F)C(F)(F)C(=O)N(CCC)CCC. The van der Waals surface area contributed by atoms with Crippen LogP contribution in [0, 0.1) is 0 Å². The van der Waals surface area contributed by atoms with Gasteiger partial charge >= 0.3 is 23.7 Å². The fourth-order valence-electron chi connectivity index (χ4n) is 2.77. The van der Waals surface area contributed by atoms with E-state index < -0.39 is 61.7 Å². The molecule has 0 rings (SSSR count). The highest BCUT2D eigenvalue weighted by Gasteiger charge is 2.85. The maximum atomic E-state index is 14.2. The third-order valence-corrected chi connectivity index (χ3v) is 4.27. The fraction of sp³-hybridized carbons (Fsp3) is 0.889. The first-order valence-corrected chi connectivity index (χ1v) is 9.71. The molecule has 0 saturated carbocycles. The average Bonchev–Trinajstić information content (AvgIpc) is 2.65. The van der Waals surface area contributed by atoms with Crippen molar-refractivity contribution in [3.63, 3.8) is 0 Å². The minimum absolute atomic E-state index is 0.0431. The van der Waals surface area contributed by atoms with Gasteiger partial charge in [-0.1, -0.05) is 27.7 Å². The molecule has 0 atom stereocenters. The quantitative estimate of drug-likeness (QED) is 0.373. The summed E-state index contributed by atoms with van der Waals surface area (Å²) in [4.78, 5) is 24.2. The highest BCUT2D eigenvalue weighted by molar-refractivity contribution is 5.87. The molecule has 0 aromatic carbocycles. The van der Waals surface area contributed by atoms with Crippen molar-refractivity contribution in [2.24, 2.45) is 0 Å². The van der Waals surface area contributed by atoms with Gasteiger partial charge in [0.05, 0.1) is 0 Å². The standard InChI is InChI=1S/C18H28F8N2O2/c1-5-9-27(10-6-2)13(29)15(19,20)17(23,24)18(25,26)16(21,22)14(30)28(11-7-3)12-8-4/h5-12H2,1-4H3. The summed E-state index contributed by atoms with van der Waals surface area (Å²) in [6, 6.07) is 0. The van der Waals surface area contributed by atoms with Crippen molar-refractivity contribution >= 4 is 11.8 Å². The van der Waals surface area contributed by atoms with E-state index in [2.05, 4.69) is 0 Å². The topological polar surface area (TPSA) is 40.6 Å². The number of amides is 2. The highest BCUT2D eigenvalue weighted by Crippen LogP contribution is 2.53. The van der Waals surface area contributed by atoms with Gasteiger partial charge in [0.25, 0.3) is 11.8 Å². The lowest BCUT2D eigenvalue weighted by atomic mass is 9.96. The van der Waals surface area contributed by atoms with Gasteiger partial charge < -0.3 is 9.80 Å². The molecule has 0 unspecified atom stereocenters. The van der Waals surface area contributed by atoms with Crippen molar-refractivity contribution in [3.8, 4) is 0 Å². The summed E-state index contributed by atoms with van der Waals surface area (Å²) in [7, 11) is 0. The van der Waals surface area contributed by atoms with Gasteiger partial charge in [0, 0.05) is 26.2 Å². The van der Waals surface area contributed by atoms with Crippen molar-refractivity contribution in [3.05, 3.63) is 0 Å². The molecule has 30 heavy (non-hydrogen) atoms. The smallest absolute Gasteiger partial charge is 0.337 e. The second-order valence-electron chi connectivity index (χ2n) is 6.88. The van der Waals surface area contributed by atoms with Crippen molar-refractivity contribution in [1.29, 1.82) is 0 Å². The summed E-state index contributed by atoms with van der Waals surface area (Å²) in [6.45, 7) is 3.85. The van der Waals surface area contributed by atoms with Crippen molar-refractivity contribution in [1.82, 2.24) is 9.80 Å². The third-order valence-electron chi connectivity index (χ3n) is 4.27. The zero-order valence-electron chi connectivity index (χ0n) is 17.4. The lowest BCUT2D eigenvalue weighted by Crippen LogP contribution is -2.69. The lowest BCUT2D eigenvalue weighted by molar-refractivity contribution is -0.350. The summed E-state index contributed by atoms with van der Waals surface area (Å²) < 4.78 is 113. The molecule has 0 fully saturated rings. The Kier molecular flexibility index (Phi) is 10.0. The van der Waals surface area contributed by atoms with Crippen LogP contribution in [0.25, 0.3) is 0 Å². The molecule has 0 N–H and O–H groups in total. The van der Waals surface area contributed by atoms with Gasteiger partial charge in [0.2, 0.25) is 0 Å². The Morgan fingerprint density at radius 3 is 0.900 bits per heavy atom. The van der Waals surface area contributed by atoms with Gasteiger partial charge in [-0.05, 0) is 25.7 Å². The van der Waals surface area contributed by atoms with Gasteiger partial charge in [0.1, 0.15) is 0 Å². The van der Waals surface area contributed by atoms with E-state index in [9.17, 15) is 44.7 Å². The molecule has 4 nitrogen and oxygen atoms in total. The number of hydrogen-bond acceptors (Lipinski definition) is 2. The number of carbonyl (C=O) groups excluding carboxylic acids is 2. The van der Waals surface area contributed by atoms with E-state index in [0.29, 0.717) is 0 Å². The summed E-state index contributed by atoms with van der Waals surface area (Å²) in [5, 5.41) is 0. The molecule has 0 aliphatic carbocycles. The van der Waals surface area contributed by atoms with Gasteiger partial charge in [-0.3, -0.25) is 9.59 Å². The summed E-state index contributed by atoms with van der Waals surface area (Å²) in [5.74, 6) is -31.4. The van der Waals surface area contributed by atoms with E-state index in [1.807, 2.05) is 0 Å². The first kappa shape index (κ1) is 28.4. The summed E-state index contributed by atoms with van der Waals surface area (Å²) in [5.41, 5.74) is 0.